The average Bonchev–Trinajstić information content (AvgIpc) is 2.24. The minimum Gasteiger partial charge on any atom is -0.323 e. The van der Waals surface area contributed by atoms with Gasteiger partial charge in [-0.15, -0.1) is 19.0 Å². The molecule has 0 aliphatic carbocycles. The molecule has 0 bridgehead atoms. The van der Waals surface area contributed by atoms with Gasteiger partial charge in [0.15, 0.2) is 0 Å². The first-order valence-corrected chi connectivity index (χ1v) is 10.4. The van der Waals surface area contributed by atoms with Crippen molar-refractivity contribution in [1.29, 1.82) is 0 Å². The van der Waals surface area contributed by atoms with Gasteiger partial charge in [0.1, 0.15) is 0 Å². The van der Waals surface area contributed by atoms with E-state index in [4.69, 9.17) is 0 Å². The zero-order valence-electron chi connectivity index (χ0n) is 17.6. The van der Waals surface area contributed by atoms with Crippen LogP contribution in [0, 0.1) is 5.92 Å². The van der Waals surface area contributed by atoms with Gasteiger partial charge < -0.3 is 16.6 Å². The van der Waals surface area contributed by atoms with Crippen molar-refractivity contribution < 1.29 is 18.2 Å². The van der Waals surface area contributed by atoms with E-state index in [1.807, 2.05) is 6.92 Å². The van der Waals surface area contributed by atoms with Crippen LogP contribution in [-0.4, -0.2) is 30.3 Å². The zero-order chi connectivity index (χ0) is 19.0. The molecule has 0 aromatic carbocycles. The summed E-state index contributed by atoms with van der Waals surface area (Å²) in [4.78, 5) is 0. The van der Waals surface area contributed by atoms with E-state index in [0.29, 0.717) is 24.2 Å². The summed E-state index contributed by atoms with van der Waals surface area (Å²) in [7, 11) is 0. The standard InChI is InChI=1S/C8H18N2.C4H9.2C3H7N.Mo/c1-6(2)9-8(5)10-7(3)4;1-4(2)3;2*1-3(2)4;/h6-8H,1-5H3;1-3H3;2*3H,1-2H3;/q-2;-1;;;. The number of hydrogen-bond donors (Lipinski definition) is 0. The molecule has 23 heavy (non-hydrogen) atoms. The van der Waals surface area contributed by atoms with Crippen LogP contribution in [-0.2, 0) is 18.2 Å². The van der Waals surface area contributed by atoms with E-state index in [2.05, 4.69) is 93.8 Å². The molecule has 0 saturated heterocycles. The van der Waals surface area contributed by atoms with E-state index in [-0.39, 0.29) is 24.4 Å². The van der Waals surface area contributed by atoms with Gasteiger partial charge in [-0.05, 0) is 0 Å². The Morgan fingerprint density at radius 3 is 1.09 bits per heavy atom. The Hall–Kier alpha value is 0.208. The average molecular weight is 409 g/mol. The summed E-state index contributed by atoms with van der Waals surface area (Å²) in [6, 6.07) is 1.76. The molecule has 0 radical (unpaired) electrons. The molecule has 0 atom stereocenters. The maximum Gasteiger partial charge on any atom is -0.189 e. The third-order valence-corrected chi connectivity index (χ3v) is 4.08. The molecule has 0 heterocycles. The topological polar surface area (TPSA) is 52.9 Å². The maximum atomic E-state index is 4.35. The molecule has 0 fully saturated rings. The minimum absolute atomic E-state index is 0.167. The second-order valence-corrected chi connectivity index (χ2v) is 8.54. The van der Waals surface area contributed by atoms with Gasteiger partial charge in [0.2, 0.25) is 0 Å². The molecule has 0 aromatic heterocycles. The van der Waals surface area contributed by atoms with Gasteiger partial charge in [-0.2, -0.15) is 20.8 Å². The molecule has 0 unspecified atom stereocenters. The van der Waals surface area contributed by atoms with E-state index < -0.39 is 0 Å². The van der Waals surface area contributed by atoms with Crippen molar-refractivity contribution in [2.75, 3.05) is 0 Å². The molecule has 5 heteroatoms. The fourth-order valence-electron chi connectivity index (χ4n) is 1.12. The monoisotopic (exact) mass is 411 g/mol. The Labute approximate surface area is 155 Å². The Balaban J connectivity index is -0.000000284. The third-order valence-electron chi connectivity index (χ3n) is 1.54. The first-order chi connectivity index (χ1) is 10.4. The van der Waals surface area contributed by atoms with E-state index in [1.165, 1.54) is 5.92 Å². The van der Waals surface area contributed by atoms with Gasteiger partial charge >= 0.3 is 65.0 Å². The summed E-state index contributed by atoms with van der Waals surface area (Å²) >= 11 is -0.364. The second-order valence-electron chi connectivity index (χ2n) is 7.10. The smallest absolute Gasteiger partial charge is 0.189 e. The van der Waals surface area contributed by atoms with Crippen molar-refractivity contribution in [3.63, 3.8) is 0 Å². The molecule has 0 aromatic rings. The molecule has 4 nitrogen and oxygen atoms in total. The Kier molecular flexibility index (Phi) is 22.6. The van der Waals surface area contributed by atoms with E-state index in [1.54, 1.807) is 0 Å². The fourth-order valence-corrected chi connectivity index (χ4v) is 2.18. The summed E-state index contributed by atoms with van der Waals surface area (Å²) in [5, 5.41) is 8.70. The summed E-state index contributed by atoms with van der Waals surface area (Å²) in [5.41, 5.74) is 0. The van der Waals surface area contributed by atoms with Crippen LogP contribution in [0.15, 0.2) is 6.99 Å². The zero-order valence-corrected chi connectivity index (χ0v) is 19.6. The SMILES string of the molecule is CC(C)[N-]C(C)[N-]C(C)C.CC(C)[N]=[Mo]=[N]C(C)C.C[C-](C)C. The summed E-state index contributed by atoms with van der Waals surface area (Å²) in [5.74, 6) is 1.42. The van der Waals surface area contributed by atoms with Crippen LogP contribution in [0.4, 0.5) is 0 Å². The molecule has 0 aliphatic heterocycles. The van der Waals surface area contributed by atoms with Crippen molar-refractivity contribution in [3.05, 3.63) is 16.6 Å². The fraction of sp³-hybridized carbons (Fsp3) is 0.944. The predicted molar refractivity (Wildman–Crippen MR) is 102 cm³/mol. The van der Waals surface area contributed by atoms with Gasteiger partial charge in [0.25, 0.3) is 0 Å². The molecule has 0 amide bonds. The van der Waals surface area contributed by atoms with Crippen LogP contribution in [0.3, 0.4) is 0 Å². The number of rotatable bonds is 6. The van der Waals surface area contributed by atoms with Gasteiger partial charge in [-0.1, -0.05) is 27.7 Å². The molecule has 0 rings (SSSR count). The van der Waals surface area contributed by atoms with Gasteiger partial charge in [0, 0.05) is 0 Å². The number of nitrogens with zero attached hydrogens (tertiary/aromatic N) is 4. The van der Waals surface area contributed by atoms with Crippen LogP contribution in [0.5, 0.6) is 0 Å². The van der Waals surface area contributed by atoms with Crippen LogP contribution >= 0.6 is 0 Å². The van der Waals surface area contributed by atoms with Crippen LogP contribution < -0.4 is 0 Å². The van der Waals surface area contributed by atoms with Gasteiger partial charge in [0.05, 0.1) is 0 Å². The quantitative estimate of drug-likeness (QED) is 0.343. The maximum absolute atomic E-state index is 4.35. The van der Waals surface area contributed by atoms with Gasteiger partial charge in [-0.25, -0.2) is 6.17 Å². The van der Waals surface area contributed by atoms with Crippen molar-refractivity contribution in [2.24, 2.45) is 6.99 Å². The van der Waals surface area contributed by atoms with Crippen molar-refractivity contribution >= 4 is 0 Å². The Morgan fingerprint density at radius 2 is 0.913 bits per heavy atom. The molecule has 0 saturated carbocycles. The van der Waals surface area contributed by atoms with Crippen LogP contribution in [0.25, 0.3) is 10.6 Å². The molecule has 0 N–H and O–H groups in total. The van der Waals surface area contributed by atoms with Gasteiger partial charge in [-0.3, -0.25) is 0 Å². The minimum atomic E-state index is -0.364. The summed E-state index contributed by atoms with van der Waals surface area (Å²) < 4.78 is 8.66. The first-order valence-electron chi connectivity index (χ1n) is 8.61. The summed E-state index contributed by atoms with van der Waals surface area (Å²) in [6.45, 7) is 25.0. The molecule has 0 spiro atoms. The molecular formula is C18H41MoN4-3. The van der Waals surface area contributed by atoms with Crippen LogP contribution in [0.2, 0.25) is 0 Å². The number of hydrogen-bond acceptors (Lipinski definition) is 2. The summed E-state index contributed by atoms with van der Waals surface area (Å²) in [6.07, 6.45) is 0.167. The first kappa shape index (κ1) is 28.0. The predicted octanol–water partition coefficient (Wildman–Crippen LogP) is 6.77. The molecule has 0 aliphatic rings. The van der Waals surface area contributed by atoms with E-state index in [0.717, 1.165) is 0 Å². The van der Waals surface area contributed by atoms with Crippen molar-refractivity contribution in [1.82, 2.24) is 0 Å². The third kappa shape index (κ3) is 44.9. The van der Waals surface area contributed by atoms with Crippen molar-refractivity contribution in [2.45, 2.75) is 113 Å². The van der Waals surface area contributed by atoms with Crippen LogP contribution in [0.1, 0.15) is 83.1 Å². The van der Waals surface area contributed by atoms with E-state index in [9.17, 15) is 0 Å². The normalized spacial score (nSPS) is 10.7. The van der Waals surface area contributed by atoms with E-state index >= 15 is 0 Å². The molecular weight excluding hydrogens is 368 g/mol. The second kappa shape index (κ2) is 18.5. The molecule has 142 valence electrons. The Morgan fingerprint density at radius 1 is 0.652 bits per heavy atom. The van der Waals surface area contributed by atoms with Crippen molar-refractivity contribution in [3.8, 4) is 0 Å². The Bertz CT molecular complexity index is 269. The largest absolute Gasteiger partial charge is 0.323 e.